The SMILES string of the molecule is CCS[C@@H]1O[C@H](CO[C@H]2O[C@H](COCc3ccccc3)[C@@H](OCc3ccccc3)[C@H](OCc3ccccc3)[C@H]2OCc2ccccc2)[C@@H](OC(=O)c2ccccc2)[C@H](OC(=O)c2ccccc2)[C@H]1OC(=O)c1ccccc1. The van der Waals surface area contributed by atoms with E-state index >= 15 is 0 Å². The summed E-state index contributed by atoms with van der Waals surface area (Å²) >= 11 is 1.33. The number of hydrogen-bond donors (Lipinski definition) is 0. The average Bonchev–Trinajstić information content (AvgIpc) is 3.48. The average molecular weight is 1060 g/mol. The number of thioether (sulfide) groups is 1. The van der Waals surface area contributed by atoms with E-state index in [4.69, 9.17) is 47.4 Å². The highest BCUT2D eigenvalue weighted by atomic mass is 32.2. The van der Waals surface area contributed by atoms with Gasteiger partial charge in [-0.1, -0.05) is 183 Å². The fourth-order valence-electron chi connectivity index (χ4n) is 9.08. The Labute approximate surface area is 453 Å². The van der Waals surface area contributed by atoms with Gasteiger partial charge in [-0.2, -0.15) is 0 Å². The Balaban J connectivity index is 1.09. The molecule has 7 aromatic carbocycles. The maximum absolute atomic E-state index is 14.3. The molecular formula is C63H62O13S. The normalized spacial score (nSPS) is 23.1. The van der Waals surface area contributed by atoms with E-state index in [2.05, 4.69) is 0 Å². The number of hydrogen-bond acceptors (Lipinski definition) is 14. The third-order valence-corrected chi connectivity index (χ3v) is 14.0. The topological polar surface area (TPSA) is 144 Å². The summed E-state index contributed by atoms with van der Waals surface area (Å²) in [6.07, 6.45) is -9.77. The van der Waals surface area contributed by atoms with Crippen LogP contribution in [0.4, 0.5) is 0 Å². The summed E-state index contributed by atoms with van der Waals surface area (Å²) in [6.45, 7) is 2.57. The molecule has 0 radical (unpaired) electrons. The lowest BCUT2D eigenvalue weighted by molar-refractivity contribution is -0.335. The zero-order chi connectivity index (χ0) is 53.0. The van der Waals surface area contributed by atoms with Gasteiger partial charge < -0.3 is 47.4 Å². The minimum absolute atomic E-state index is 0.0727. The van der Waals surface area contributed by atoms with Crippen molar-refractivity contribution in [3.8, 4) is 0 Å². The van der Waals surface area contributed by atoms with Gasteiger partial charge in [0.1, 0.15) is 36.0 Å². The first kappa shape index (κ1) is 54.8. The van der Waals surface area contributed by atoms with E-state index in [1.54, 1.807) is 91.0 Å². The molecule has 0 bridgehead atoms. The van der Waals surface area contributed by atoms with Crippen LogP contribution in [-0.2, 0) is 73.8 Å². The van der Waals surface area contributed by atoms with Crippen LogP contribution in [-0.4, -0.2) is 97.4 Å². The van der Waals surface area contributed by atoms with Crippen molar-refractivity contribution in [3.05, 3.63) is 251 Å². The summed E-state index contributed by atoms with van der Waals surface area (Å²) in [5, 5.41) is 0. The molecule has 13 nitrogen and oxygen atoms in total. The summed E-state index contributed by atoms with van der Waals surface area (Å²) < 4.78 is 67.2. The van der Waals surface area contributed by atoms with E-state index < -0.39 is 78.5 Å². The highest BCUT2D eigenvalue weighted by molar-refractivity contribution is 7.99. The van der Waals surface area contributed by atoms with Crippen molar-refractivity contribution >= 4 is 29.7 Å². The van der Waals surface area contributed by atoms with Gasteiger partial charge in [0.2, 0.25) is 0 Å². The third-order valence-electron chi connectivity index (χ3n) is 12.9. The molecule has 14 heteroatoms. The minimum Gasteiger partial charge on any atom is -0.452 e. The maximum Gasteiger partial charge on any atom is 0.338 e. The van der Waals surface area contributed by atoms with Crippen LogP contribution >= 0.6 is 11.8 Å². The van der Waals surface area contributed by atoms with Crippen LogP contribution in [0.15, 0.2) is 212 Å². The van der Waals surface area contributed by atoms with Gasteiger partial charge in [-0.15, -0.1) is 11.8 Å². The summed E-state index contributed by atoms with van der Waals surface area (Å²) in [7, 11) is 0. The van der Waals surface area contributed by atoms with E-state index in [-0.39, 0.29) is 49.7 Å². The van der Waals surface area contributed by atoms with Gasteiger partial charge in [0.15, 0.2) is 24.6 Å². The van der Waals surface area contributed by atoms with Gasteiger partial charge in [-0.25, -0.2) is 14.4 Å². The number of carbonyl (C=O) groups excluding carboxylic acids is 3. The van der Waals surface area contributed by atoms with Gasteiger partial charge in [-0.3, -0.25) is 0 Å². The first-order valence-electron chi connectivity index (χ1n) is 25.8. The zero-order valence-corrected chi connectivity index (χ0v) is 43.5. The fraction of sp³-hybridized carbons (Fsp3) is 0.286. The molecule has 0 saturated carbocycles. The molecule has 10 atom stereocenters. The summed E-state index contributed by atoms with van der Waals surface area (Å²) in [6, 6.07) is 64.6. The third kappa shape index (κ3) is 15.4. The van der Waals surface area contributed by atoms with Crippen LogP contribution < -0.4 is 0 Å². The second kappa shape index (κ2) is 28.4. The molecule has 0 spiro atoms. The van der Waals surface area contributed by atoms with Crippen LogP contribution in [0.5, 0.6) is 0 Å². The van der Waals surface area contributed by atoms with Crippen molar-refractivity contribution < 1.29 is 61.8 Å². The Kier molecular flexibility index (Phi) is 20.2. The number of benzene rings is 7. The number of esters is 3. The Hall–Kier alpha value is -6.98. The smallest absolute Gasteiger partial charge is 0.338 e. The van der Waals surface area contributed by atoms with Crippen LogP contribution in [0.25, 0.3) is 0 Å². The molecule has 2 heterocycles. The lowest BCUT2D eigenvalue weighted by atomic mass is 9.97. The van der Waals surface area contributed by atoms with Crippen LogP contribution in [0.3, 0.4) is 0 Å². The Morgan fingerprint density at radius 3 is 1.18 bits per heavy atom. The van der Waals surface area contributed by atoms with E-state index in [1.807, 2.05) is 128 Å². The molecule has 7 aromatic rings. The van der Waals surface area contributed by atoms with Gasteiger partial charge in [-0.05, 0) is 64.4 Å². The second-order valence-electron chi connectivity index (χ2n) is 18.4. The van der Waals surface area contributed by atoms with E-state index in [9.17, 15) is 14.4 Å². The minimum atomic E-state index is -1.41. The Morgan fingerprint density at radius 2 is 0.740 bits per heavy atom. The van der Waals surface area contributed by atoms with E-state index in [0.29, 0.717) is 12.4 Å². The van der Waals surface area contributed by atoms with Crippen LogP contribution in [0.1, 0.15) is 60.3 Å². The maximum atomic E-state index is 14.3. The Morgan fingerprint density at radius 1 is 0.377 bits per heavy atom. The molecular weight excluding hydrogens is 997 g/mol. The molecule has 2 saturated heterocycles. The van der Waals surface area contributed by atoms with Gasteiger partial charge in [0, 0.05) is 0 Å². The monoisotopic (exact) mass is 1060 g/mol. The fourth-order valence-corrected chi connectivity index (χ4v) is 10.0. The van der Waals surface area contributed by atoms with Crippen molar-refractivity contribution in [1.29, 1.82) is 0 Å². The number of ether oxygens (including phenoxy) is 10. The van der Waals surface area contributed by atoms with Crippen molar-refractivity contribution in [3.63, 3.8) is 0 Å². The number of rotatable bonds is 24. The van der Waals surface area contributed by atoms with E-state index in [0.717, 1.165) is 22.3 Å². The molecule has 2 aliphatic rings. The summed E-state index contributed by atoms with van der Waals surface area (Å²) in [5.41, 5.74) is 3.50. The van der Waals surface area contributed by atoms with Gasteiger partial charge >= 0.3 is 17.9 Å². The second-order valence-corrected chi connectivity index (χ2v) is 19.7. The van der Waals surface area contributed by atoms with Crippen LogP contribution in [0.2, 0.25) is 0 Å². The zero-order valence-electron chi connectivity index (χ0n) is 42.6. The van der Waals surface area contributed by atoms with Crippen molar-refractivity contribution in [2.24, 2.45) is 0 Å². The van der Waals surface area contributed by atoms with Crippen LogP contribution in [0, 0.1) is 0 Å². The largest absolute Gasteiger partial charge is 0.452 e. The highest BCUT2D eigenvalue weighted by Crippen LogP contribution is 2.37. The van der Waals surface area contributed by atoms with Crippen molar-refractivity contribution in [2.45, 2.75) is 93.9 Å². The van der Waals surface area contributed by atoms with Gasteiger partial charge in [0.25, 0.3) is 0 Å². The summed E-state index contributed by atoms with van der Waals surface area (Å²) in [5.74, 6) is -1.66. The molecule has 0 unspecified atom stereocenters. The predicted molar refractivity (Wildman–Crippen MR) is 289 cm³/mol. The highest BCUT2D eigenvalue weighted by Gasteiger charge is 2.54. The molecule has 9 rings (SSSR count). The quantitative estimate of drug-likeness (QED) is 0.0418. The molecule has 77 heavy (non-hydrogen) atoms. The molecule has 0 N–H and O–H groups in total. The lowest BCUT2D eigenvalue weighted by Crippen LogP contribution is -2.64. The summed E-state index contributed by atoms with van der Waals surface area (Å²) in [4.78, 5) is 42.6. The molecule has 0 aliphatic carbocycles. The van der Waals surface area contributed by atoms with Crippen molar-refractivity contribution in [2.75, 3.05) is 19.0 Å². The molecule has 2 fully saturated rings. The standard InChI is InChI=1S/C63H62O13S/c1-2-77-63-58(76-61(66)50-36-22-9-23-37-50)56(75-60(65)49-34-20-8-21-35-49)54(74-59(64)48-32-18-7-19-33-48)52(73-63)43-71-62-57(70-41-47-30-16-6-17-31-47)55(69-40-46-28-14-5-15-29-46)53(68-39-45-26-12-4-13-27-45)51(72-62)42-67-38-44-24-10-3-11-25-44/h3-37,51-58,62-63H,2,38-43H2,1H3/t51-,52-,53-,54-,55+,56+,57-,58-,62+,63+/m1/s1. The molecule has 0 amide bonds. The first-order chi connectivity index (χ1) is 37.9. The predicted octanol–water partition coefficient (Wildman–Crippen LogP) is 10.9. The Bertz CT molecular complexity index is 2850. The van der Waals surface area contributed by atoms with Gasteiger partial charge in [0.05, 0.1) is 56.3 Å². The van der Waals surface area contributed by atoms with E-state index in [1.165, 1.54) is 11.8 Å². The number of carbonyl (C=O) groups is 3. The molecule has 2 aliphatic heterocycles. The molecule has 0 aromatic heterocycles. The lowest BCUT2D eigenvalue weighted by Gasteiger charge is -2.47. The molecule has 398 valence electrons. The first-order valence-corrected chi connectivity index (χ1v) is 26.9. The van der Waals surface area contributed by atoms with Crippen molar-refractivity contribution in [1.82, 2.24) is 0 Å².